The van der Waals surface area contributed by atoms with Crippen molar-refractivity contribution in [3.05, 3.63) is 53.9 Å². The van der Waals surface area contributed by atoms with Crippen molar-refractivity contribution in [2.75, 3.05) is 19.0 Å². The topological polar surface area (TPSA) is 60.5 Å². The molecule has 2 rings (SSSR count). The number of benzene rings is 1. The average molecular weight is 256 g/mol. The summed E-state index contributed by atoms with van der Waals surface area (Å²) in [6.07, 6.45) is 3.36. The van der Waals surface area contributed by atoms with E-state index in [1.807, 2.05) is 43.3 Å². The molecule has 98 valence electrons. The van der Waals surface area contributed by atoms with Crippen LogP contribution in [0.25, 0.3) is 0 Å². The van der Waals surface area contributed by atoms with E-state index in [9.17, 15) is 4.79 Å². The first-order valence-electron chi connectivity index (χ1n) is 5.91. The summed E-state index contributed by atoms with van der Waals surface area (Å²) in [5, 5.41) is 3.88. The number of rotatable bonds is 4. The van der Waals surface area contributed by atoms with Gasteiger partial charge in [-0.1, -0.05) is 0 Å². The first-order chi connectivity index (χ1) is 9.16. The normalized spacial score (nSPS) is 10.6. The number of carbonyl (C=O) groups excluding carboxylic acids is 1. The smallest absolute Gasteiger partial charge is 0.271 e. The zero-order chi connectivity index (χ0) is 13.7. The van der Waals surface area contributed by atoms with E-state index >= 15 is 0 Å². The highest BCUT2D eigenvalue weighted by atomic mass is 16.2. The maximum absolute atomic E-state index is 11.8. The van der Waals surface area contributed by atoms with Gasteiger partial charge in [0.1, 0.15) is 0 Å². The van der Waals surface area contributed by atoms with Crippen LogP contribution >= 0.6 is 0 Å². The summed E-state index contributed by atoms with van der Waals surface area (Å²) < 4.78 is 0. The Kier molecular flexibility index (Phi) is 3.97. The largest absolute Gasteiger partial charge is 0.378 e. The van der Waals surface area contributed by atoms with E-state index < -0.39 is 0 Å². The molecule has 0 saturated carbocycles. The van der Waals surface area contributed by atoms with E-state index in [1.165, 1.54) is 0 Å². The lowest BCUT2D eigenvalue weighted by Crippen LogP contribution is -2.18. The summed E-state index contributed by atoms with van der Waals surface area (Å²) in [5.74, 6) is -0.229. The number of aromatic amines is 1. The van der Waals surface area contributed by atoms with Crippen LogP contribution in [0.2, 0.25) is 0 Å². The minimum absolute atomic E-state index is 0.229. The molecule has 1 aromatic heterocycles. The number of nitrogens with one attached hydrogen (secondary N) is 2. The number of hydrazone groups is 1. The number of nitrogens with zero attached hydrogens (tertiary/aromatic N) is 2. The number of aromatic nitrogens is 1. The Labute approximate surface area is 111 Å². The fraction of sp³-hybridized carbons (Fsp3) is 0.143. The summed E-state index contributed by atoms with van der Waals surface area (Å²) in [6.45, 7) is 0. The Morgan fingerprint density at radius 3 is 2.58 bits per heavy atom. The van der Waals surface area contributed by atoms with Crippen molar-refractivity contribution < 1.29 is 4.79 Å². The zero-order valence-electron chi connectivity index (χ0n) is 10.9. The Balaban J connectivity index is 1.96. The Hall–Kier alpha value is -2.56. The number of anilines is 1. The van der Waals surface area contributed by atoms with Gasteiger partial charge in [0.05, 0.1) is 11.9 Å². The second-order valence-electron chi connectivity index (χ2n) is 4.27. The van der Waals surface area contributed by atoms with E-state index in [4.69, 9.17) is 0 Å². The summed E-state index contributed by atoms with van der Waals surface area (Å²) in [6, 6.07) is 11.1. The van der Waals surface area contributed by atoms with Gasteiger partial charge < -0.3 is 9.88 Å². The van der Waals surface area contributed by atoms with Crippen LogP contribution in [-0.2, 0) is 0 Å². The Morgan fingerprint density at radius 1 is 1.26 bits per heavy atom. The maximum Gasteiger partial charge on any atom is 0.271 e. The standard InChI is InChI=1S/C14H16N4O/c1-18(2)13-7-5-11(6-8-13)14(19)17-16-10-12-4-3-9-15-12/h3-10,15H,1-2H3,(H,17,19). The van der Waals surface area contributed by atoms with Gasteiger partial charge in [0.25, 0.3) is 5.91 Å². The van der Waals surface area contributed by atoms with Crippen molar-refractivity contribution >= 4 is 17.8 Å². The van der Waals surface area contributed by atoms with Crippen LogP contribution in [0.3, 0.4) is 0 Å². The van der Waals surface area contributed by atoms with Gasteiger partial charge in [0.15, 0.2) is 0 Å². The predicted molar refractivity (Wildman–Crippen MR) is 76.6 cm³/mol. The minimum Gasteiger partial charge on any atom is -0.378 e. The van der Waals surface area contributed by atoms with Crippen LogP contribution in [0.4, 0.5) is 5.69 Å². The number of amides is 1. The molecule has 0 aliphatic carbocycles. The molecule has 0 atom stereocenters. The van der Waals surface area contributed by atoms with Crippen LogP contribution in [-0.4, -0.2) is 31.2 Å². The highest BCUT2D eigenvalue weighted by Gasteiger charge is 2.04. The van der Waals surface area contributed by atoms with Crippen LogP contribution in [0.5, 0.6) is 0 Å². The molecule has 1 heterocycles. The van der Waals surface area contributed by atoms with Crippen LogP contribution in [0.1, 0.15) is 16.1 Å². The van der Waals surface area contributed by atoms with Crippen molar-refractivity contribution in [2.45, 2.75) is 0 Å². The molecule has 5 heteroatoms. The monoisotopic (exact) mass is 256 g/mol. The van der Waals surface area contributed by atoms with E-state index in [2.05, 4.69) is 15.5 Å². The highest BCUT2D eigenvalue weighted by molar-refractivity contribution is 5.95. The number of hydrogen-bond acceptors (Lipinski definition) is 3. The van der Waals surface area contributed by atoms with Gasteiger partial charge in [-0.3, -0.25) is 4.79 Å². The lowest BCUT2D eigenvalue weighted by atomic mass is 10.2. The van der Waals surface area contributed by atoms with Gasteiger partial charge in [-0.2, -0.15) is 5.10 Å². The van der Waals surface area contributed by atoms with Crippen molar-refractivity contribution in [2.24, 2.45) is 5.10 Å². The number of carbonyl (C=O) groups is 1. The predicted octanol–water partition coefficient (Wildman–Crippen LogP) is 1.84. The Morgan fingerprint density at radius 2 is 2.00 bits per heavy atom. The van der Waals surface area contributed by atoms with Gasteiger partial charge >= 0.3 is 0 Å². The second kappa shape index (κ2) is 5.86. The quantitative estimate of drug-likeness (QED) is 0.647. The first-order valence-corrected chi connectivity index (χ1v) is 5.91. The number of hydrogen-bond donors (Lipinski definition) is 2. The summed E-state index contributed by atoms with van der Waals surface area (Å²) >= 11 is 0. The fourth-order valence-corrected chi connectivity index (χ4v) is 1.56. The summed E-state index contributed by atoms with van der Waals surface area (Å²) in [5.41, 5.74) is 4.94. The van der Waals surface area contributed by atoms with E-state index in [0.717, 1.165) is 11.4 Å². The molecular formula is C14H16N4O. The lowest BCUT2D eigenvalue weighted by molar-refractivity contribution is 0.0955. The molecule has 2 aromatic rings. The third-order valence-electron chi connectivity index (χ3n) is 2.64. The van der Waals surface area contributed by atoms with Crippen LogP contribution in [0.15, 0.2) is 47.7 Å². The molecule has 1 amide bonds. The molecule has 2 N–H and O–H groups in total. The average Bonchev–Trinajstić information content (AvgIpc) is 2.92. The van der Waals surface area contributed by atoms with Crippen molar-refractivity contribution in [3.63, 3.8) is 0 Å². The molecule has 19 heavy (non-hydrogen) atoms. The first kappa shape index (κ1) is 12.9. The van der Waals surface area contributed by atoms with Crippen LogP contribution in [0, 0.1) is 0 Å². The van der Waals surface area contributed by atoms with Gasteiger partial charge in [0.2, 0.25) is 0 Å². The van der Waals surface area contributed by atoms with Crippen molar-refractivity contribution in [3.8, 4) is 0 Å². The molecule has 0 spiro atoms. The molecule has 0 radical (unpaired) electrons. The molecule has 0 unspecified atom stereocenters. The van der Waals surface area contributed by atoms with Crippen LogP contribution < -0.4 is 10.3 Å². The summed E-state index contributed by atoms with van der Waals surface area (Å²) in [4.78, 5) is 16.7. The molecule has 0 saturated heterocycles. The molecule has 0 fully saturated rings. The highest BCUT2D eigenvalue weighted by Crippen LogP contribution is 2.11. The maximum atomic E-state index is 11.8. The zero-order valence-corrected chi connectivity index (χ0v) is 10.9. The van der Waals surface area contributed by atoms with Gasteiger partial charge in [-0.15, -0.1) is 0 Å². The third kappa shape index (κ3) is 3.45. The SMILES string of the molecule is CN(C)c1ccc(C(=O)NN=Cc2ccc[nH]2)cc1. The molecule has 5 nitrogen and oxygen atoms in total. The Bertz CT molecular complexity index is 556. The summed E-state index contributed by atoms with van der Waals surface area (Å²) in [7, 11) is 3.91. The van der Waals surface area contributed by atoms with Crippen molar-refractivity contribution in [1.82, 2.24) is 10.4 Å². The molecule has 0 bridgehead atoms. The van der Waals surface area contributed by atoms with Gasteiger partial charge in [-0.25, -0.2) is 5.43 Å². The van der Waals surface area contributed by atoms with E-state index in [0.29, 0.717) is 5.56 Å². The second-order valence-corrected chi connectivity index (χ2v) is 4.27. The van der Waals surface area contributed by atoms with E-state index in [-0.39, 0.29) is 5.91 Å². The molecular weight excluding hydrogens is 240 g/mol. The molecule has 0 aliphatic rings. The van der Waals surface area contributed by atoms with Crippen molar-refractivity contribution in [1.29, 1.82) is 0 Å². The minimum atomic E-state index is -0.229. The molecule has 1 aromatic carbocycles. The number of H-pyrrole nitrogens is 1. The lowest BCUT2D eigenvalue weighted by Gasteiger charge is -2.12. The van der Waals surface area contributed by atoms with E-state index in [1.54, 1.807) is 24.5 Å². The van der Waals surface area contributed by atoms with Gasteiger partial charge in [-0.05, 0) is 36.4 Å². The van der Waals surface area contributed by atoms with Gasteiger partial charge in [0, 0.05) is 31.5 Å². The fourth-order valence-electron chi connectivity index (χ4n) is 1.56. The third-order valence-corrected chi connectivity index (χ3v) is 2.64. The molecule has 0 aliphatic heterocycles.